The number of nitrogens with one attached hydrogen (secondary N) is 2. The molecule has 0 fully saturated rings. The summed E-state index contributed by atoms with van der Waals surface area (Å²) in [6.45, 7) is 6.51. The van der Waals surface area contributed by atoms with Gasteiger partial charge in [-0.2, -0.15) is 0 Å². The van der Waals surface area contributed by atoms with Crippen LogP contribution in [0.15, 0.2) is 0 Å². The van der Waals surface area contributed by atoms with Gasteiger partial charge in [0, 0.05) is 25.9 Å². The van der Waals surface area contributed by atoms with Crippen molar-refractivity contribution in [3.63, 3.8) is 0 Å². The minimum absolute atomic E-state index is 0.0628. The number of carbonyl (C=O) groups is 2. The summed E-state index contributed by atoms with van der Waals surface area (Å²) in [5.41, 5.74) is 0. The number of carbonyl (C=O) groups excluding carboxylic acids is 2. The zero-order chi connectivity index (χ0) is 31.9. The molecule has 9 heteroatoms. The summed E-state index contributed by atoms with van der Waals surface area (Å²) in [6.07, 6.45) is 27.9. The lowest BCUT2D eigenvalue weighted by Gasteiger charge is -2.20. The molecule has 0 saturated carbocycles. The lowest BCUT2D eigenvalue weighted by atomic mass is 10.1. The van der Waals surface area contributed by atoms with E-state index in [2.05, 4.69) is 24.5 Å². The standard InChI is InChI=1S/C34H69N2O6P/c1-4-7-9-11-13-15-17-19-21-23-25-27-33(37)35-29-30-41-43(39,40)42-32(6-3)31-36-34(38)28-26-24-22-20-18-16-14-12-10-8-5-2/h32H,4-31H2,1-3H3,(H,35,37)(H,36,38)(H,39,40). The maximum atomic E-state index is 12.3. The van der Waals surface area contributed by atoms with Crippen LogP contribution < -0.4 is 10.6 Å². The van der Waals surface area contributed by atoms with Gasteiger partial charge in [-0.05, 0) is 19.3 Å². The van der Waals surface area contributed by atoms with Crippen molar-refractivity contribution in [1.29, 1.82) is 0 Å². The van der Waals surface area contributed by atoms with Crippen LogP contribution in [0, 0.1) is 0 Å². The molecular weight excluding hydrogens is 563 g/mol. The molecule has 8 nitrogen and oxygen atoms in total. The number of phosphoric acid groups is 1. The van der Waals surface area contributed by atoms with Crippen LogP contribution in [0.25, 0.3) is 0 Å². The van der Waals surface area contributed by atoms with Crippen LogP contribution in [-0.2, 0) is 23.2 Å². The van der Waals surface area contributed by atoms with Crippen molar-refractivity contribution < 1.29 is 28.1 Å². The second-order valence-electron chi connectivity index (χ2n) is 12.2. The third-order valence-electron chi connectivity index (χ3n) is 7.96. The zero-order valence-electron chi connectivity index (χ0n) is 28.3. The predicted molar refractivity (Wildman–Crippen MR) is 179 cm³/mol. The van der Waals surface area contributed by atoms with Crippen molar-refractivity contribution in [1.82, 2.24) is 10.6 Å². The van der Waals surface area contributed by atoms with Crippen molar-refractivity contribution in [2.75, 3.05) is 19.7 Å². The molecule has 0 saturated heterocycles. The lowest BCUT2D eigenvalue weighted by molar-refractivity contribution is -0.122. The maximum absolute atomic E-state index is 12.3. The molecule has 0 heterocycles. The average Bonchev–Trinajstić information content (AvgIpc) is 2.99. The van der Waals surface area contributed by atoms with Crippen molar-refractivity contribution >= 4 is 19.6 Å². The van der Waals surface area contributed by atoms with E-state index in [1.54, 1.807) is 0 Å². The number of hydrogen-bond acceptors (Lipinski definition) is 5. The number of unbranched alkanes of at least 4 members (excludes halogenated alkanes) is 20. The molecule has 0 aromatic carbocycles. The van der Waals surface area contributed by atoms with Gasteiger partial charge in [0.2, 0.25) is 11.8 Å². The SMILES string of the molecule is CCCCCCCCCCCCCC(=O)NCCOP(=O)(O)OC(CC)CNC(=O)CCCCCCCCCCCCC. The Morgan fingerprint density at radius 3 is 1.37 bits per heavy atom. The Labute approximate surface area is 265 Å². The van der Waals surface area contributed by atoms with Crippen LogP contribution in [0.5, 0.6) is 0 Å². The zero-order valence-corrected chi connectivity index (χ0v) is 29.2. The van der Waals surface area contributed by atoms with Gasteiger partial charge in [-0.15, -0.1) is 0 Å². The predicted octanol–water partition coefficient (Wildman–Crippen LogP) is 9.53. The first-order valence-electron chi connectivity index (χ1n) is 18.0. The number of rotatable bonds is 33. The molecule has 2 atom stereocenters. The number of hydrogen-bond donors (Lipinski definition) is 3. The summed E-state index contributed by atoms with van der Waals surface area (Å²) in [4.78, 5) is 34.3. The summed E-state index contributed by atoms with van der Waals surface area (Å²) in [6, 6.07) is 0. The minimum atomic E-state index is -4.28. The smallest absolute Gasteiger partial charge is 0.354 e. The topological polar surface area (TPSA) is 114 Å². The van der Waals surface area contributed by atoms with Gasteiger partial charge in [-0.25, -0.2) is 4.57 Å². The summed E-state index contributed by atoms with van der Waals surface area (Å²) in [7, 11) is -4.28. The molecule has 3 N–H and O–H groups in total. The highest BCUT2D eigenvalue weighted by Crippen LogP contribution is 2.44. The molecule has 0 rings (SSSR count). The van der Waals surface area contributed by atoms with Gasteiger partial charge in [0.1, 0.15) is 0 Å². The van der Waals surface area contributed by atoms with Crippen LogP contribution in [0.4, 0.5) is 0 Å². The molecule has 2 unspecified atom stereocenters. The minimum Gasteiger partial charge on any atom is -0.354 e. The summed E-state index contributed by atoms with van der Waals surface area (Å²) in [5.74, 6) is -0.132. The first kappa shape index (κ1) is 42.0. The van der Waals surface area contributed by atoms with Crippen molar-refractivity contribution in [2.45, 2.75) is 187 Å². The van der Waals surface area contributed by atoms with Crippen molar-refractivity contribution in [2.24, 2.45) is 0 Å². The maximum Gasteiger partial charge on any atom is 0.472 e. The number of phosphoric ester groups is 1. The van der Waals surface area contributed by atoms with E-state index >= 15 is 0 Å². The third-order valence-corrected chi connectivity index (χ3v) is 9.03. The Bertz CT molecular complexity index is 694. The van der Waals surface area contributed by atoms with Crippen LogP contribution in [-0.4, -0.2) is 42.5 Å². The molecule has 0 aliphatic carbocycles. The fourth-order valence-electron chi connectivity index (χ4n) is 5.13. The normalized spacial score (nSPS) is 13.5. The molecule has 0 aromatic rings. The van der Waals surface area contributed by atoms with E-state index in [0.29, 0.717) is 19.3 Å². The summed E-state index contributed by atoms with van der Waals surface area (Å²) in [5, 5.41) is 5.55. The molecular formula is C34H69N2O6P. The highest BCUT2D eigenvalue weighted by Gasteiger charge is 2.26. The van der Waals surface area contributed by atoms with E-state index in [1.807, 2.05) is 6.92 Å². The summed E-state index contributed by atoms with van der Waals surface area (Å²) >= 11 is 0. The molecule has 0 radical (unpaired) electrons. The highest BCUT2D eigenvalue weighted by atomic mass is 31.2. The van der Waals surface area contributed by atoms with E-state index in [-0.39, 0.29) is 31.5 Å². The largest absolute Gasteiger partial charge is 0.472 e. The van der Waals surface area contributed by atoms with E-state index in [0.717, 1.165) is 38.5 Å². The Morgan fingerprint density at radius 2 is 0.977 bits per heavy atom. The van der Waals surface area contributed by atoms with E-state index in [9.17, 15) is 19.0 Å². The Kier molecular flexibility index (Phi) is 30.4. The van der Waals surface area contributed by atoms with Crippen molar-refractivity contribution in [3.8, 4) is 0 Å². The molecule has 0 aliphatic heterocycles. The van der Waals surface area contributed by atoms with Gasteiger partial charge >= 0.3 is 7.82 Å². The fourth-order valence-corrected chi connectivity index (χ4v) is 6.11. The lowest BCUT2D eigenvalue weighted by Crippen LogP contribution is -2.33. The Balaban J connectivity index is 3.76. The fraction of sp³-hybridized carbons (Fsp3) is 0.941. The molecule has 43 heavy (non-hydrogen) atoms. The second-order valence-corrected chi connectivity index (χ2v) is 13.6. The highest BCUT2D eigenvalue weighted by molar-refractivity contribution is 7.47. The molecule has 256 valence electrons. The van der Waals surface area contributed by atoms with Crippen LogP contribution in [0.1, 0.15) is 181 Å². The van der Waals surface area contributed by atoms with Gasteiger partial charge in [-0.3, -0.25) is 18.6 Å². The number of amides is 2. The first-order valence-corrected chi connectivity index (χ1v) is 19.5. The van der Waals surface area contributed by atoms with Gasteiger partial charge in [0.05, 0.1) is 12.7 Å². The molecule has 0 aromatic heterocycles. The van der Waals surface area contributed by atoms with Crippen LogP contribution in [0.2, 0.25) is 0 Å². The van der Waals surface area contributed by atoms with Crippen molar-refractivity contribution in [3.05, 3.63) is 0 Å². The van der Waals surface area contributed by atoms with Gasteiger partial charge in [0.15, 0.2) is 0 Å². The first-order chi connectivity index (χ1) is 20.8. The third kappa shape index (κ3) is 30.8. The van der Waals surface area contributed by atoms with E-state index < -0.39 is 13.9 Å². The second kappa shape index (κ2) is 31.0. The van der Waals surface area contributed by atoms with Gasteiger partial charge in [0.25, 0.3) is 0 Å². The monoisotopic (exact) mass is 632 g/mol. The Hall–Kier alpha value is -0.950. The van der Waals surface area contributed by atoms with Gasteiger partial charge in [-0.1, -0.05) is 149 Å². The molecule has 2 amide bonds. The van der Waals surface area contributed by atoms with E-state index in [1.165, 1.54) is 103 Å². The summed E-state index contributed by atoms with van der Waals surface area (Å²) < 4.78 is 22.6. The average molecular weight is 633 g/mol. The molecule has 0 bridgehead atoms. The van der Waals surface area contributed by atoms with E-state index in [4.69, 9.17) is 9.05 Å². The van der Waals surface area contributed by atoms with Crippen LogP contribution >= 0.6 is 7.82 Å². The van der Waals surface area contributed by atoms with Gasteiger partial charge < -0.3 is 15.5 Å². The molecule has 0 spiro atoms. The van der Waals surface area contributed by atoms with Crippen LogP contribution in [0.3, 0.4) is 0 Å². The molecule has 0 aliphatic rings. The Morgan fingerprint density at radius 1 is 0.605 bits per heavy atom. The quantitative estimate of drug-likeness (QED) is 0.0490.